The van der Waals surface area contributed by atoms with Crippen LogP contribution in [0.5, 0.6) is 0 Å². The van der Waals surface area contributed by atoms with Gasteiger partial charge in [-0.3, -0.25) is 4.90 Å². The molecule has 0 saturated carbocycles. The Kier molecular flexibility index (Phi) is 4.61. The first kappa shape index (κ1) is 14.5. The van der Waals surface area contributed by atoms with Crippen LogP contribution in [0.2, 0.25) is 0 Å². The number of aliphatic hydroxyl groups is 1. The van der Waals surface area contributed by atoms with Gasteiger partial charge in [-0.2, -0.15) is 0 Å². The van der Waals surface area contributed by atoms with E-state index in [1.807, 2.05) is 0 Å². The van der Waals surface area contributed by atoms with E-state index >= 15 is 0 Å². The van der Waals surface area contributed by atoms with E-state index < -0.39 is 0 Å². The van der Waals surface area contributed by atoms with E-state index in [1.165, 1.54) is 11.1 Å². The molecule has 1 unspecified atom stereocenters. The van der Waals surface area contributed by atoms with Crippen molar-refractivity contribution in [2.45, 2.75) is 38.8 Å². The molecule has 1 aliphatic rings. The summed E-state index contributed by atoms with van der Waals surface area (Å²) >= 11 is 0. The smallest absolute Gasteiger partial charge is 0.0758 e. The lowest BCUT2D eigenvalue weighted by Gasteiger charge is -2.43. The number of rotatable bonds is 4. The zero-order valence-corrected chi connectivity index (χ0v) is 12.2. The summed E-state index contributed by atoms with van der Waals surface area (Å²) in [6, 6.07) is 8.38. The van der Waals surface area contributed by atoms with E-state index in [0.29, 0.717) is 6.42 Å². The van der Waals surface area contributed by atoms with E-state index in [9.17, 15) is 5.11 Å². The van der Waals surface area contributed by atoms with Crippen LogP contribution >= 0.6 is 0 Å². The van der Waals surface area contributed by atoms with Gasteiger partial charge in [-0.15, -0.1) is 0 Å². The largest absolute Gasteiger partial charge is 0.391 e. The lowest BCUT2D eigenvalue weighted by Crippen LogP contribution is -2.56. The average molecular weight is 263 g/mol. The summed E-state index contributed by atoms with van der Waals surface area (Å²) in [6.07, 6.45) is 0.332. The Morgan fingerprint density at radius 3 is 2.63 bits per heavy atom. The van der Waals surface area contributed by atoms with Crippen molar-refractivity contribution >= 4 is 0 Å². The molecular formula is C16H25NO2. The highest BCUT2D eigenvalue weighted by molar-refractivity contribution is 5.23. The van der Waals surface area contributed by atoms with Gasteiger partial charge in [-0.1, -0.05) is 29.8 Å². The third kappa shape index (κ3) is 3.56. The maximum atomic E-state index is 10.6. The molecule has 0 radical (unpaired) electrons. The number of hydrogen-bond acceptors (Lipinski definition) is 3. The van der Waals surface area contributed by atoms with Crippen LogP contribution in [0.1, 0.15) is 25.0 Å². The van der Waals surface area contributed by atoms with Crippen molar-refractivity contribution in [1.82, 2.24) is 4.90 Å². The van der Waals surface area contributed by atoms with Crippen molar-refractivity contribution in [2.75, 3.05) is 26.3 Å². The van der Waals surface area contributed by atoms with Crippen molar-refractivity contribution < 1.29 is 9.84 Å². The lowest BCUT2D eigenvalue weighted by atomic mass is 9.89. The van der Waals surface area contributed by atoms with Gasteiger partial charge in [0, 0.05) is 25.0 Å². The molecule has 1 aromatic rings. The maximum Gasteiger partial charge on any atom is 0.0758 e. The lowest BCUT2D eigenvalue weighted by molar-refractivity contribution is -0.0612. The molecular weight excluding hydrogens is 238 g/mol. The molecule has 3 heteroatoms. The topological polar surface area (TPSA) is 32.7 Å². The summed E-state index contributed by atoms with van der Waals surface area (Å²) in [4.78, 5) is 2.33. The third-order valence-corrected chi connectivity index (χ3v) is 4.15. The minimum Gasteiger partial charge on any atom is -0.391 e. The number of aliphatic hydroxyl groups excluding tert-OH is 1. The van der Waals surface area contributed by atoms with Gasteiger partial charge in [0.2, 0.25) is 0 Å². The average Bonchev–Trinajstić information content (AvgIpc) is 2.39. The number of nitrogens with zero attached hydrogens (tertiary/aromatic N) is 1. The number of benzene rings is 1. The minimum atomic E-state index is -0.368. The first-order chi connectivity index (χ1) is 9.00. The van der Waals surface area contributed by atoms with Gasteiger partial charge >= 0.3 is 0 Å². The van der Waals surface area contributed by atoms with Crippen LogP contribution in [0.4, 0.5) is 0 Å². The molecule has 3 nitrogen and oxygen atoms in total. The number of ether oxygens (including phenoxy) is 1. The van der Waals surface area contributed by atoms with Gasteiger partial charge in [0.1, 0.15) is 0 Å². The van der Waals surface area contributed by atoms with Gasteiger partial charge in [0.15, 0.2) is 0 Å². The van der Waals surface area contributed by atoms with Crippen molar-refractivity contribution in [3.63, 3.8) is 0 Å². The molecule has 1 atom stereocenters. The molecule has 0 aliphatic carbocycles. The molecule has 1 aromatic carbocycles. The summed E-state index contributed by atoms with van der Waals surface area (Å²) in [7, 11) is 0. The highest BCUT2D eigenvalue weighted by atomic mass is 16.5. The Hall–Kier alpha value is -0.900. The number of aryl methyl sites for hydroxylation is 1. The van der Waals surface area contributed by atoms with Crippen molar-refractivity contribution in [3.8, 4) is 0 Å². The molecule has 1 N–H and O–H groups in total. The number of morpholine rings is 1. The van der Waals surface area contributed by atoms with Crippen LogP contribution in [-0.4, -0.2) is 48.0 Å². The molecule has 0 bridgehead atoms. The zero-order valence-electron chi connectivity index (χ0n) is 12.2. The highest BCUT2D eigenvalue weighted by Crippen LogP contribution is 2.23. The monoisotopic (exact) mass is 263 g/mol. The molecule has 1 heterocycles. The van der Waals surface area contributed by atoms with Crippen LogP contribution in [0.3, 0.4) is 0 Å². The first-order valence-electron chi connectivity index (χ1n) is 7.06. The second-order valence-corrected chi connectivity index (χ2v) is 5.96. The summed E-state index contributed by atoms with van der Waals surface area (Å²) in [5.74, 6) is 0. The van der Waals surface area contributed by atoms with E-state index in [1.54, 1.807) is 0 Å². The van der Waals surface area contributed by atoms with Gasteiger partial charge in [-0.25, -0.2) is 0 Å². The minimum absolute atomic E-state index is 0.215. The van der Waals surface area contributed by atoms with Crippen molar-refractivity contribution in [1.29, 1.82) is 0 Å². The molecule has 19 heavy (non-hydrogen) atoms. The van der Waals surface area contributed by atoms with Crippen molar-refractivity contribution in [2.24, 2.45) is 0 Å². The molecule has 1 saturated heterocycles. The summed E-state index contributed by atoms with van der Waals surface area (Å²) < 4.78 is 5.39. The van der Waals surface area contributed by atoms with Crippen LogP contribution in [0, 0.1) is 6.92 Å². The molecule has 0 spiro atoms. The fraction of sp³-hybridized carbons (Fsp3) is 0.625. The van der Waals surface area contributed by atoms with E-state index in [4.69, 9.17) is 4.74 Å². The second-order valence-electron chi connectivity index (χ2n) is 5.96. The van der Waals surface area contributed by atoms with Gasteiger partial charge < -0.3 is 9.84 Å². The summed E-state index contributed by atoms with van der Waals surface area (Å²) in [5, 5.41) is 10.6. The Bertz CT molecular complexity index is 411. The molecule has 106 valence electrons. The molecule has 1 fully saturated rings. The first-order valence-corrected chi connectivity index (χ1v) is 7.06. The maximum absolute atomic E-state index is 10.6. The predicted octanol–water partition coefficient (Wildman–Crippen LogP) is 2.01. The van der Waals surface area contributed by atoms with Crippen LogP contribution < -0.4 is 0 Å². The van der Waals surface area contributed by atoms with E-state index in [2.05, 4.69) is 49.9 Å². The van der Waals surface area contributed by atoms with Crippen LogP contribution in [0.25, 0.3) is 0 Å². The second kappa shape index (κ2) is 6.04. The zero-order chi connectivity index (χ0) is 13.9. The number of hydrogen-bond donors (Lipinski definition) is 1. The summed E-state index contributed by atoms with van der Waals surface area (Å²) in [5.41, 5.74) is 2.23. The summed E-state index contributed by atoms with van der Waals surface area (Å²) in [6.45, 7) is 9.66. The Morgan fingerprint density at radius 1 is 1.32 bits per heavy atom. The van der Waals surface area contributed by atoms with Gasteiger partial charge in [0.25, 0.3) is 0 Å². The predicted molar refractivity (Wildman–Crippen MR) is 77.4 cm³/mol. The van der Waals surface area contributed by atoms with Crippen LogP contribution in [-0.2, 0) is 11.2 Å². The Labute approximate surface area is 116 Å². The molecule has 2 rings (SSSR count). The van der Waals surface area contributed by atoms with E-state index in [-0.39, 0.29) is 11.6 Å². The van der Waals surface area contributed by atoms with E-state index in [0.717, 1.165) is 26.3 Å². The highest BCUT2D eigenvalue weighted by Gasteiger charge is 2.35. The fourth-order valence-corrected chi connectivity index (χ4v) is 2.66. The normalized spacial score (nSPS) is 19.4. The third-order valence-electron chi connectivity index (χ3n) is 4.15. The van der Waals surface area contributed by atoms with Crippen molar-refractivity contribution in [3.05, 3.63) is 35.4 Å². The molecule has 1 aliphatic heterocycles. The van der Waals surface area contributed by atoms with Crippen LogP contribution in [0.15, 0.2) is 24.3 Å². The SMILES string of the molecule is Cc1cccc(CC(O)C(C)(C)N2CCOCC2)c1. The molecule has 0 aromatic heterocycles. The Balaban J connectivity index is 2.03. The van der Waals surface area contributed by atoms with Gasteiger partial charge in [0.05, 0.1) is 19.3 Å². The fourth-order valence-electron chi connectivity index (χ4n) is 2.66. The quantitative estimate of drug-likeness (QED) is 0.902. The Morgan fingerprint density at radius 2 is 2.00 bits per heavy atom. The molecule has 0 amide bonds. The van der Waals surface area contributed by atoms with Gasteiger partial charge in [-0.05, 0) is 26.3 Å². The standard InChI is InChI=1S/C16H25NO2/c1-13-5-4-6-14(11-13)12-15(18)16(2,3)17-7-9-19-10-8-17/h4-6,11,15,18H,7-10,12H2,1-3H3.